The molecule has 0 bridgehead atoms. The van der Waals surface area contributed by atoms with Crippen LogP contribution in [-0.2, 0) is 7.05 Å². The molecule has 0 spiro atoms. The fraction of sp³-hybridized carbons (Fsp3) is 0.231. The van der Waals surface area contributed by atoms with Crippen molar-refractivity contribution in [2.45, 2.75) is 6.92 Å². The molecule has 2 aromatic rings. The number of ether oxygens (including phenoxy) is 1. The van der Waals surface area contributed by atoms with Gasteiger partial charge in [-0.2, -0.15) is 5.10 Å². The smallest absolute Gasteiger partial charge is 0.260 e. The lowest BCUT2D eigenvalue weighted by molar-refractivity contribution is 0.102. The Balaban J connectivity index is 2.33. The van der Waals surface area contributed by atoms with Gasteiger partial charge in [0.15, 0.2) is 5.82 Å². The van der Waals surface area contributed by atoms with Gasteiger partial charge in [-0.3, -0.25) is 9.48 Å². The molecule has 0 unspecified atom stereocenters. The first-order chi connectivity index (χ1) is 9.43. The van der Waals surface area contributed by atoms with E-state index in [1.807, 2.05) is 0 Å². The van der Waals surface area contributed by atoms with Gasteiger partial charge in [-0.15, -0.1) is 0 Å². The number of nitrogens with one attached hydrogen (secondary N) is 1. The van der Waals surface area contributed by atoms with Crippen LogP contribution in [0.15, 0.2) is 22.7 Å². The molecule has 7 heteroatoms. The number of hydrogen-bond donors (Lipinski definition) is 2. The Morgan fingerprint density at radius 3 is 2.75 bits per heavy atom. The van der Waals surface area contributed by atoms with Gasteiger partial charge in [0, 0.05) is 11.5 Å². The number of hydrogen-bond acceptors (Lipinski definition) is 4. The van der Waals surface area contributed by atoms with Crippen molar-refractivity contribution in [3.8, 4) is 5.75 Å². The monoisotopic (exact) mass is 338 g/mol. The van der Waals surface area contributed by atoms with Crippen molar-refractivity contribution in [2.75, 3.05) is 18.2 Å². The zero-order chi connectivity index (χ0) is 14.9. The van der Waals surface area contributed by atoms with Crippen molar-refractivity contribution in [1.82, 2.24) is 9.78 Å². The van der Waals surface area contributed by atoms with E-state index in [2.05, 4.69) is 26.3 Å². The van der Waals surface area contributed by atoms with E-state index in [0.29, 0.717) is 28.5 Å². The zero-order valence-corrected chi connectivity index (χ0v) is 13.0. The van der Waals surface area contributed by atoms with Crippen LogP contribution < -0.4 is 15.8 Å². The number of halogens is 1. The Morgan fingerprint density at radius 1 is 1.50 bits per heavy atom. The van der Waals surface area contributed by atoms with E-state index < -0.39 is 0 Å². The minimum Gasteiger partial charge on any atom is -0.496 e. The topological polar surface area (TPSA) is 82.2 Å². The minimum absolute atomic E-state index is 0.302. The van der Waals surface area contributed by atoms with Gasteiger partial charge >= 0.3 is 0 Å². The molecule has 1 aromatic carbocycles. The first-order valence-electron chi connectivity index (χ1n) is 5.88. The molecule has 6 nitrogen and oxygen atoms in total. The summed E-state index contributed by atoms with van der Waals surface area (Å²) in [5.41, 5.74) is 7.44. The fourth-order valence-corrected chi connectivity index (χ4v) is 2.19. The number of methoxy groups -OCH3 is 1. The average molecular weight is 339 g/mol. The van der Waals surface area contributed by atoms with Crippen molar-refractivity contribution in [3.63, 3.8) is 0 Å². The van der Waals surface area contributed by atoms with Crippen LogP contribution in [0.5, 0.6) is 5.75 Å². The molecule has 0 aliphatic rings. The largest absolute Gasteiger partial charge is 0.496 e. The lowest BCUT2D eigenvalue weighted by Gasteiger charge is -2.10. The van der Waals surface area contributed by atoms with E-state index >= 15 is 0 Å². The third kappa shape index (κ3) is 2.62. The van der Waals surface area contributed by atoms with Crippen LogP contribution in [0, 0.1) is 6.92 Å². The van der Waals surface area contributed by atoms with Crippen molar-refractivity contribution in [2.24, 2.45) is 7.05 Å². The number of nitrogens with two attached hydrogens (primary N) is 1. The van der Waals surface area contributed by atoms with E-state index in [9.17, 15) is 4.79 Å². The van der Waals surface area contributed by atoms with Crippen LogP contribution >= 0.6 is 15.9 Å². The first kappa shape index (κ1) is 14.4. The van der Waals surface area contributed by atoms with Crippen LogP contribution in [0.4, 0.5) is 11.5 Å². The summed E-state index contributed by atoms with van der Waals surface area (Å²) in [6.07, 6.45) is 0. The van der Waals surface area contributed by atoms with Crippen LogP contribution in [-0.4, -0.2) is 22.8 Å². The number of carbonyl (C=O) groups is 1. The average Bonchev–Trinajstić information content (AvgIpc) is 2.65. The minimum atomic E-state index is -0.302. The predicted molar refractivity (Wildman–Crippen MR) is 81.0 cm³/mol. The number of aryl methyl sites for hydroxylation is 2. The maximum absolute atomic E-state index is 12.3. The summed E-state index contributed by atoms with van der Waals surface area (Å²) in [5, 5.41) is 6.90. The van der Waals surface area contributed by atoms with Gasteiger partial charge in [0.1, 0.15) is 5.75 Å². The summed E-state index contributed by atoms with van der Waals surface area (Å²) < 4.78 is 7.58. The lowest BCUT2D eigenvalue weighted by atomic mass is 10.2. The third-order valence-electron chi connectivity index (χ3n) is 2.91. The summed E-state index contributed by atoms with van der Waals surface area (Å²) in [6, 6.07) is 5.18. The SMILES string of the molecule is COc1cc(Br)ccc1C(=O)Nc1c(N)c(C)nn1C. The van der Waals surface area contributed by atoms with Crippen LogP contribution in [0.1, 0.15) is 16.1 Å². The van der Waals surface area contributed by atoms with E-state index in [0.717, 1.165) is 4.47 Å². The molecule has 0 atom stereocenters. The fourth-order valence-electron chi connectivity index (χ4n) is 1.85. The van der Waals surface area contributed by atoms with E-state index in [4.69, 9.17) is 10.5 Å². The quantitative estimate of drug-likeness (QED) is 0.899. The summed E-state index contributed by atoms with van der Waals surface area (Å²) >= 11 is 3.33. The molecule has 3 N–H and O–H groups in total. The highest BCUT2D eigenvalue weighted by atomic mass is 79.9. The molecular formula is C13H15BrN4O2. The standard InChI is InChI=1S/C13H15BrN4O2/c1-7-11(15)12(18(2)17-7)16-13(19)9-5-4-8(14)6-10(9)20-3/h4-6H,15H2,1-3H3,(H,16,19). The second kappa shape index (κ2) is 5.54. The van der Waals surface area contributed by atoms with E-state index in [-0.39, 0.29) is 5.91 Å². The molecule has 0 aliphatic carbocycles. The number of nitrogen functional groups attached to an aromatic ring is 1. The molecule has 1 aromatic heterocycles. The van der Waals surface area contributed by atoms with Crippen molar-refractivity contribution in [1.29, 1.82) is 0 Å². The Morgan fingerprint density at radius 2 is 2.20 bits per heavy atom. The third-order valence-corrected chi connectivity index (χ3v) is 3.40. The van der Waals surface area contributed by atoms with Gasteiger partial charge in [-0.1, -0.05) is 15.9 Å². The normalized spacial score (nSPS) is 10.4. The first-order valence-corrected chi connectivity index (χ1v) is 6.67. The Labute approximate surface area is 125 Å². The van der Waals surface area contributed by atoms with Gasteiger partial charge in [-0.05, 0) is 25.1 Å². The molecule has 0 aliphatic heterocycles. The molecule has 1 heterocycles. The maximum atomic E-state index is 12.3. The zero-order valence-electron chi connectivity index (χ0n) is 11.4. The second-order valence-electron chi connectivity index (χ2n) is 4.27. The highest BCUT2D eigenvalue weighted by molar-refractivity contribution is 9.10. The molecule has 20 heavy (non-hydrogen) atoms. The lowest BCUT2D eigenvalue weighted by Crippen LogP contribution is -2.16. The molecule has 2 rings (SSSR count). The Kier molecular flexibility index (Phi) is 3.99. The summed E-state index contributed by atoms with van der Waals surface area (Å²) in [5.74, 6) is 0.649. The van der Waals surface area contributed by atoms with Crippen LogP contribution in [0.3, 0.4) is 0 Å². The molecule has 1 amide bonds. The van der Waals surface area contributed by atoms with Crippen molar-refractivity contribution >= 4 is 33.3 Å². The molecule has 0 fully saturated rings. The van der Waals surface area contributed by atoms with Crippen molar-refractivity contribution < 1.29 is 9.53 Å². The van der Waals surface area contributed by atoms with Gasteiger partial charge in [0.25, 0.3) is 5.91 Å². The van der Waals surface area contributed by atoms with E-state index in [1.54, 1.807) is 32.2 Å². The molecule has 0 saturated heterocycles. The number of anilines is 2. The Bertz CT molecular complexity index is 667. The van der Waals surface area contributed by atoms with Gasteiger partial charge in [0.2, 0.25) is 0 Å². The molecule has 0 saturated carbocycles. The number of aromatic nitrogens is 2. The summed E-state index contributed by atoms with van der Waals surface area (Å²) in [6.45, 7) is 1.78. The Hall–Kier alpha value is -2.02. The van der Waals surface area contributed by atoms with Gasteiger partial charge in [0.05, 0.1) is 24.1 Å². The van der Waals surface area contributed by atoms with E-state index in [1.165, 1.54) is 11.8 Å². The van der Waals surface area contributed by atoms with Crippen LogP contribution in [0.2, 0.25) is 0 Å². The summed E-state index contributed by atoms with van der Waals surface area (Å²) in [7, 11) is 3.24. The second-order valence-corrected chi connectivity index (χ2v) is 5.19. The number of carbonyl (C=O) groups excluding carboxylic acids is 1. The molecule has 106 valence electrons. The number of nitrogens with zero attached hydrogens (tertiary/aromatic N) is 2. The number of rotatable bonds is 3. The predicted octanol–water partition coefficient (Wildman–Crippen LogP) is 2.33. The van der Waals surface area contributed by atoms with Crippen LogP contribution in [0.25, 0.3) is 0 Å². The number of benzene rings is 1. The highest BCUT2D eigenvalue weighted by Crippen LogP contribution is 2.26. The highest BCUT2D eigenvalue weighted by Gasteiger charge is 2.17. The molecule has 0 radical (unpaired) electrons. The molecular weight excluding hydrogens is 324 g/mol. The van der Waals surface area contributed by atoms with Gasteiger partial charge in [-0.25, -0.2) is 0 Å². The van der Waals surface area contributed by atoms with Gasteiger partial charge < -0.3 is 15.8 Å². The van der Waals surface area contributed by atoms with Crippen molar-refractivity contribution in [3.05, 3.63) is 33.9 Å². The number of amides is 1. The maximum Gasteiger partial charge on any atom is 0.260 e. The summed E-state index contributed by atoms with van der Waals surface area (Å²) in [4.78, 5) is 12.3.